The predicted molar refractivity (Wildman–Crippen MR) is 88.1 cm³/mol. The number of rotatable bonds is 9. The van der Waals surface area contributed by atoms with E-state index in [1.807, 2.05) is 0 Å². The molecule has 0 heterocycles. The lowest BCUT2D eigenvalue weighted by Gasteiger charge is -2.45. The average molecular weight is 283 g/mol. The number of unbranched alkanes of at least 4 members (excludes halogenated alkanes) is 1. The topological polar surface area (TPSA) is 21.3 Å². The molecule has 0 radical (unpaired) electrons. The van der Waals surface area contributed by atoms with E-state index in [2.05, 4.69) is 33.0 Å². The first kappa shape index (κ1) is 18.0. The summed E-state index contributed by atoms with van der Waals surface area (Å²) in [7, 11) is 1.80. The van der Waals surface area contributed by atoms with Gasteiger partial charge in [0.25, 0.3) is 0 Å². The fraction of sp³-hybridized carbons (Fsp3) is 1.00. The second-order valence-electron chi connectivity index (χ2n) is 7.52. The summed E-state index contributed by atoms with van der Waals surface area (Å²) in [5.74, 6) is 1.73. The SMILES string of the molecule is CCCNC1CC(C)CCC1C(C)(C)CCCCOC. The van der Waals surface area contributed by atoms with E-state index >= 15 is 0 Å². The number of hydrogen-bond acceptors (Lipinski definition) is 2. The van der Waals surface area contributed by atoms with Crippen molar-refractivity contribution in [2.75, 3.05) is 20.3 Å². The molecule has 20 heavy (non-hydrogen) atoms. The lowest BCUT2D eigenvalue weighted by molar-refractivity contribution is 0.0817. The second kappa shape index (κ2) is 9.04. The lowest BCUT2D eigenvalue weighted by atomic mass is 9.64. The Morgan fingerprint density at radius 1 is 1.20 bits per heavy atom. The molecule has 1 N–H and O–H groups in total. The molecule has 0 aliphatic heterocycles. The first-order valence-electron chi connectivity index (χ1n) is 8.73. The molecule has 1 rings (SSSR count). The monoisotopic (exact) mass is 283 g/mol. The van der Waals surface area contributed by atoms with Crippen LogP contribution in [0.2, 0.25) is 0 Å². The maximum atomic E-state index is 5.18. The van der Waals surface area contributed by atoms with Crippen LogP contribution in [0.15, 0.2) is 0 Å². The molecule has 0 bridgehead atoms. The Hall–Kier alpha value is -0.0800. The maximum Gasteiger partial charge on any atom is 0.0462 e. The molecule has 0 spiro atoms. The van der Waals surface area contributed by atoms with Crippen LogP contribution in [0.5, 0.6) is 0 Å². The van der Waals surface area contributed by atoms with Gasteiger partial charge < -0.3 is 10.1 Å². The van der Waals surface area contributed by atoms with Crippen LogP contribution < -0.4 is 5.32 Å². The quantitative estimate of drug-likeness (QED) is 0.623. The molecule has 0 aromatic carbocycles. The van der Waals surface area contributed by atoms with Crippen LogP contribution in [-0.2, 0) is 4.74 Å². The fourth-order valence-corrected chi connectivity index (χ4v) is 3.88. The van der Waals surface area contributed by atoms with E-state index in [0.717, 1.165) is 24.5 Å². The van der Waals surface area contributed by atoms with Crippen molar-refractivity contribution in [2.24, 2.45) is 17.3 Å². The molecule has 3 atom stereocenters. The molecule has 0 aromatic rings. The molecule has 0 saturated heterocycles. The third-order valence-electron chi connectivity index (χ3n) is 5.19. The molecular weight excluding hydrogens is 246 g/mol. The Labute approximate surface area is 127 Å². The van der Waals surface area contributed by atoms with Gasteiger partial charge in [-0.05, 0) is 55.9 Å². The minimum Gasteiger partial charge on any atom is -0.385 e. The summed E-state index contributed by atoms with van der Waals surface area (Å²) in [5.41, 5.74) is 0.458. The highest BCUT2D eigenvalue weighted by Gasteiger charge is 2.38. The van der Waals surface area contributed by atoms with Gasteiger partial charge >= 0.3 is 0 Å². The smallest absolute Gasteiger partial charge is 0.0462 e. The molecule has 1 fully saturated rings. The lowest BCUT2D eigenvalue weighted by Crippen LogP contribution is -2.47. The summed E-state index contributed by atoms with van der Waals surface area (Å²) in [6, 6.07) is 0.733. The molecular formula is C18H37NO. The van der Waals surface area contributed by atoms with Gasteiger partial charge in [0.05, 0.1) is 0 Å². The summed E-state index contributed by atoms with van der Waals surface area (Å²) in [6.07, 6.45) is 9.26. The van der Waals surface area contributed by atoms with E-state index < -0.39 is 0 Å². The molecule has 1 saturated carbocycles. The van der Waals surface area contributed by atoms with Crippen LogP contribution in [0.4, 0.5) is 0 Å². The molecule has 0 amide bonds. The standard InChI is InChI=1S/C18H37NO/c1-6-12-19-17-14-15(2)9-10-16(17)18(3,4)11-7-8-13-20-5/h15-17,19H,6-14H2,1-5H3. The van der Waals surface area contributed by atoms with Gasteiger partial charge in [-0.25, -0.2) is 0 Å². The van der Waals surface area contributed by atoms with Crippen LogP contribution in [0.1, 0.15) is 72.6 Å². The van der Waals surface area contributed by atoms with Gasteiger partial charge in [0.2, 0.25) is 0 Å². The highest BCUT2D eigenvalue weighted by atomic mass is 16.5. The Morgan fingerprint density at radius 2 is 1.95 bits per heavy atom. The van der Waals surface area contributed by atoms with Crippen molar-refractivity contribution >= 4 is 0 Å². The van der Waals surface area contributed by atoms with Crippen molar-refractivity contribution in [3.8, 4) is 0 Å². The zero-order valence-electron chi connectivity index (χ0n) is 14.5. The van der Waals surface area contributed by atoms with Crippen molar-refractivity contribution < 1.29 is 4.74 Å². The van der Waals surface area contributed by atoms with Gasteiger partial charge in [-0.2, -0.15) is 0 Å². The molecule has 120 valence electrons. The van der Waals surface area contributed by atoms with E-state index in [9.17, 15) is 0 Å². The Kier molecular flexibility index (Phi) is 8.13. The Bertz CT molecular complexity index is 252. The highest BCUT2D eigenvalue weighted by Crippen LogP contribution is 2.43. The van der Waals surface area contributed by atoms with Crippen LogP contribution >= 0.6 is 0 Å². The molecule has 0 aromatic heterocycles. The maximum absolute atomic E-state index is 5.18. The first-order chi connectivity index (χ1) is 9.51. The highest BCUT2D eigenvalue weighted by molar-refractivity contribution is 4.91. The van der Waals surface area contributed by atoms with Crippen molar-refractivity contribution in [3.05, 3.63) is 0 Å². The van der Waals surface area contributed by atoms with Crippen molar-refractivity contribution in [1.29, 1.82) is 0 Å². The number of hydrogen-bond donors (Lipinski definition) is 1. The summed E-state index contributed by atoms with van der Waals surface area (Å²) < 4.78 is 5.18. The third-order valence-corrected chi connectivity index (χ3v) is 5.19. The molecule has 1 aliphatic rings. The zero-order chi connectivity index (χ0) is 15.0. The molecule has 1 aliphatic carbocycles. The van der Waals surface area contributed by atoms with Gasteiger partial charge in [0.1, 0.15) is 0 Å². The summed E-state index contributed by atoms with van der Waals surface area (Å²) in [5, 5.41) is 3.83. The van der Waals surface area contributed by atoms with E-state index in [0.29, 0.717) is 5.41 Å². The minimum atomic E-state index is 0.458. The van der Waals surface area contributed by atoms with Gasteiger partial charge in [-0.15, -0.1) is 0 Å². The van der Waals surface area contributed by atoms with Crippen LogP contribution in [0, 0.1) is 17.3 Å². The second-order valence-corrected chi connectivity index (χ2v) is 7.52. The van der Waals surface area contributed by atoms with Crippen molar-refractivity contribution in [2.45, 2.75) is 78.7 Å². The first-order valence-corrected chi connectivity index (χ1v) is 8.73. The van der Waals surface area contributed by atoms with Crippen LogP contribution in [-0.4, -0.2) is 26.3 Å². The van der Waals surface area contributed by atoms with E-state index in [1.165, 1.54) is 51.5 Å². The molecule has 3 unspecified atom stereocenters. The minimum absolute atomic E-state index is 0.458. The van der Waals surface area contributed by atoms with Crippen molar-refractivity contribution in [1.82, 2.24) is 5.32 Å². The predicted octanol–water partition coefficient (Wildman–Crippen LogP) is 4.63. The number of methoxy groups -OCH3 is 1. The number of nitrogens with one attached hydrogen (secondary N) is 1. The van der Waals surface area contributed by atoms with E-state index in [1.54, 1.807) is 7.11 Å². The zero-order valence-corrected chi connectivity index (χ0v) is 14.5. The average Bonchev–Trinajstić information content (AvgIpc) is 2.41. The number of ether oxygens (including phenoxy) is 1. The van der Waals surface area contributed by atoms with Gasteiger partial charge in [-0.1, -0.05) is 40.5 Å². The largest absolute Gasteiger partial charge is 0.385 e. The van der Waals surface area contributed by atoms with Gasteiger partial charge in [-0.3, -0.25) is 0 Å². The summed E-state index contributed by atoms with van der Waals surface area (Å²) >= 11 is 0. The third kappa shape index (κ3) is 5.73. The summed E-state index contributed by atoms with van der Waals surface area (Å²) in [6.45, 7) is 11.7. The fourth-order valence-electron chi connectivity index (χ4n) is 3.88. The van der Waals surface area contributed by atoms with E-state index in [-0.39, 0.29) is 0 Å². The van der Waals surface area contributed by atoms with Gasteiger partial charge in [0.15, 0.2) is 0 Å². The van der Waals surface area contributed by atoms with Crippen LogP contribution in [0.3, 0.4) is 0 Å². The van der Waals surface area contributed by atoms with Crippen LogP contribution in [0.25, 0.3) is 0 Å². The van der Waals surface area contributed by atoms with Gasteiger partial charge in [0, 0.05) is 19.8 Å². The Morgan fingerprint density at radius 3 is 2.60 bits per heavy atom. The molecule has 2 nitrogen and oxygen atoms in total. The van der Waals surface area contributed by atoms with E-state index in [4.69, 9.17) is 4.74 Å². The Balaban J connectivity index is 2.53. The normalized spacial score (nSPS) is 27.8. The molecule has 2 heteroatoms. The summed E-state index contributed by atoms with van der Waals surface area (Å²) in [4.78, 5) is 0. The van der Waals surface area contributed by atoms with Crippen molar-refractivity contribution in [3.63, 3.8) is 0 Å².